The third-order valence-electron chi connectivity index (χ3n) is 4.03. The summed E-state index contributed by atoms with van der Waals surface area (Å²) in [5, 5.41) is 3.69. The molecule has 1 unspecified atom stereocenters. The summed E-state index contributed by atoms with van der Waals surface area (Å²) in [6.07, 6.45) is 3.31. The van der Waals surface area contributed by atoms with Gasteiger partial charge < -0.3 is 5.32 Å². The van der Waals surface area contributed by atoms with Crippen molar-refractivity contribution in [3.63, 3.8) is 0 Å². The van der Waals surface area contributed by atoms with E-state index in [2.05, 4.69) is 63.3 Å². The molecule has 0 aliphatic rings. The molecule has 0 radical (unpaired) electrons. The van der Waals surface area contributed by atoms with Gasteiger partial charge in [-0.05, 0) is 54.6 Å². The molecule has 0 saturated carbocycles. The SMILES string of the molecule is CCNC(c1ccc(CC)s1)c1cc(CC)ccc1CC. The first-order valence-corrected chi connectivity index (χ1v) is 8.98. The second-order valence-electron chi connectivity index (χ2n) is 5.39. The van der Waals surface area contributed by atoms with Crippen LogP contribution in [0.3, 0.4) is 0 Å². The average Bonchev–Trinajstić information content (AvgIpc) is 3.00. The maximum Gasteiger partial charge on any atom is 0.0673 e. The van der Waals surface area contributed by atoms with Crippen LogP contribution in [0.1, 0.15) is 60.2 Å². The van der Waals surface area contributed by atoms with Crippen LogP contribution in [0.15, 0.2) is 30.3 Å². The van der Waals surface area contributed by atoms with Gasteiger partial charge in [-0.15, -0.1) is 11.3 Å². The average molecular weight is 301 g/mol. The zero-order chi connectivity index (χ0) is 15.2. The van der Waals surface area contributed by atoms with Crippen LogP contribution in [0, 0.1) is 0 Å². The molecule has 0 saturated heterocycles. The Hall–Kier alpha value is -1.12. The normalized spacial score (nSPS) is 12.6. The number of rotatable bonds is 7. The highest BCUT2D eigenvalue weighted by molar-refractivity contribution is 7.12. The van der Waals surface area contributed by atoms with Crippen LogP contribution >= 0.6 is 11.3 Å². The summed E-state index contributed by atoms with van der Waals surface area (Å²) in [5.41, 5.74) is 4.35. The molecule has 2 aromatic rings. The van der Waals surface area contributed by atoms with Gasteiger partial charge in [0.1, 0.15) is 0 Å². The van der Waals surface area contributed by atoms with Crippen LogP contribution in [0.25, 0.3) is 0 Å². The molecular weight excluding hydrogens is 274 g/mol. The van der Waals surface area contributed by atoms with E-state index in [9.17, 15) is 0 Å². The van der Waals surface area contributed by atoms with Crippen molar-refractivity contribution in [1.29, 1.82) is 0 Å². The Morgan fingerprint density at radius 3 is 2.33 bits per heavy atom. The standard InChI is InChI=1S/C19H27NS/c1-5-14-9-10-15(6-2)17(13-14)19(20-8-4)18-12-11-16(7-3)21-18/h9-13,19-20H,5-8H2,1-4H3. The lowest BCUT2D eigenvalue weighted by Crippen LogP contribution is -2.22. The zero-order valence-corrected chi connectivity index (χ0v) is 14.5. The molecule has 0 aliphatic heterocycles. The molecule has 2 rings (SSSR count). The summed E-state index contributed by atoms with van der Waals surface area (Å²) >= 11 is 1.95. The van der Waals surface area contributed by atoms with Gasteiger partial charge >= 0.3 is 0 Å². The number of hydrogen-bond donors (Lipinski definition) is 1. The van der Waals surface area contributed by atoms with Gasteiger partial charge in [-0.2, -0.15) is 0 Å². The second-order valence-corrected chi connectivity index (χ2v) is 6.59. The van der Waals surface area contributed by atoms with Crippen LogP contribution < -0.4 is 5.32 Å². The maximum atomic E-state index is 3.69. The Labute approximate surface area is 133 Å². The van der Waals surface area contributed by atoms with Crippen LogP contribution in [0.4, 0.5) is 0 Å². The minimum absolute atomic E-state index is 0.335. The number of benzene rings is 1. The third kappa shape index (κ3) is 3.75. The van der Waals surface area contributed by atoms with Gasteiger partial charge in [0.15, 0.2) is 0 Å². The van der Waals surface area contributed by atoms with Crippen LogP contribution in [0.5, 0.6) is 0 Å². The van der Waals surface area contributed by atoms with Gasteiger partial charge in [-0.1, -0.05) is 45.9 Å². The molecule has 0 bridgehead atoms. The first-order chi connectivity index (χ1) is 10.2. The highest BCUT2D eigenvalue weighted by atomic mass is 32.1. The molecule has 0 aliphatic carbocycles. The van der Waals surface area contributed by atoms with Crippen molar-refractivity contribution < 1.29 is 0 Å². The van der Waals surface area contributed by atoms with Crippen molar-refractivity contribution in [3.05, 3.63) is 56.8 Å². The molecule has 1 aromatic carbocycles. The lowest BCUT2D eigenvalue weighted by molar-refractivity contribution is 0.633. The minimum Gasteiger partial charge on any atom is -0.306 e. The van der Waals surface area contributed by atoms with E-state index in [1.54, 1.807) is 0 Å². The number of aryl methyl sites for hydroxylation is 3. The summed E-state index contributed by atoms with van der Waals surface area (Å²) in [7, 11) is 0. The number of hydrogen-bond acceptors (Lipinski definition) is 2. The molecule has 1 heterocycles. The summed E-state index contributed by atoms with van der Waals surface area (Å²) in [6.45, 7) is 9.89. The molecule has 1 N–H and O–H groups in total. The van der Waals surface area contributed by atoms with Gasteiger partial charge in [-0.25, -0.2) is 0 Å². The summed E-state index contributed by atoms with van der Waals surface area (Å²) in [6, 6.07) is 11.9. The van der Waals surface area contributed by atoms with E-state index < -0.39 is 0 Å². The second kappa shape index (κ2) is 7.77. The monoisotopic (exact) mass is 301 g/mol. The fourth-order valence-corrected chi connectivity index (χ4v) is 3.81. The highest BCUT2D eigenvalue weighted by Crippen LogP contribution is 2.31. The maximum absolute atomic E-state index is 3.69. The van der Waals surface area contributed by atoms with Gasteiger partial charge in [0.2, 0.25) is 0 Å². The Balaban J connectivity index is 2.45. The van der Waals surface area contributed by atoms with Crippen molar-refractivity contribution in [2.45, 2.75) is 53.0 Å². The molecule has 114 valence electrons. The van der Waals surface area contributed by atoms with E-state index in [1.807, 2.05) is 11.3 Å². The van der Waals surface area contributed by atoms with Crippen molar-refractivity contribution in [2.75, 3.05) is 6.54 Å². The molecule has 1 nitrogen and oxygen atoms in total. The van der Waals surface area contributed by atoms with E-state index in [0.717, 1.165) is 25.8 Å². The summed E-state index contributed by atoms with van der Waals surface area (Å²) in [4.78, 5) is 2.91. The van der Waals surface area contributed by atoms with Gasteiger partial charge in [0.05, 0.1) is 6.04 Å². The van der Waals surface area contributed by atoms with Crippen LogP contribution in [-0.4, -0.2) is 6.54 Å². The zero-order valence-electron chi connectivity index (χ0n) is 13.7. The molecule has 0 amide bonds. The smallest absolute Gasteiger partial charge is 0.0673 e. The Kier molecular flexibility index (Phi) is 6.01. The topological polar surface area (TPSA) is 12.0 Å². The number of thiophene rings is 1. The molecular formula is C19H27NS. The predicted molar refractivity (Wildman–Crippen MR) is 94.4 cm³/mol. The van der Waals surface area contributed by atoms with E-state index in [4.69, 9.17) is 0 Å². The highest BCUT2D eigenvalue weighted by Gasteiger charge is 2.18. The Morgan fingerprint density at radius 2 is 1.76 bits per heavy atom. The Morgan fingerprint density at radius 1 is 0.952 bits per heavy atom. The number of nitrogens with one attached hydrogen (secondary N) is 1. The van der Waals surface area contributed by atoms with Gasteiger partial charge in [0, 0.05) is 9.75 Å². The van der Waals surface area contributed by atoms with E-state index in [1.165, 1.54) is 26.4 Å². The van der Waals surface area contributed by atoms with Crippen molar-refractivity contribution in [3.8, 4) is 0 Å². The van der Waals surface area contributed by atoms with Crippen LogP contribution in [0.2, 0.25) is 0 Å². The first-order valence-electron chi connectivity index (χ1n) is 8.17. The Bertz CT molecular complexity index is 571. The largest absolute Gasteiger partial charge is 0.306 e. The minimum atomic E-state index is 0.335. The third-order valence-corrected chi connectivity index (χ3v) is 5.33. The van der Waals surface area contributed by atoms with Crippen molar-refractivity contribution >= 4 is 11.3 Å². The van der Waals surface area contributed by atoms with Crippen molar-refractivity contribution in [2.24, 2.45) is 0 Å². The predicted octanol–water partition coefficient (Wildman–Crippen LogP) is 5.13. The molecule has 0 fully saturated rings. The fraction of sp³-hybridized carbons (Fsp3) is 0.474. The van der Waals surface area contributed by atoms with E-state index >= 15 is 0 Å². The quantitative estimate of drug-likeness (QED) is 0.747. The molecule has 21 heavy (non-hydrogen) atoms. The summed E-state index contributed by atoms with van der Waals surface area (Å²) in [5.74, 6) is 0. The van der Waals surface area contributed by atoms with E-state index in [-0.39, 0.29) is 0 Å². The van der Waals surface area contributed by atoms with Gasteiger partial charge in [-0.3, -0.25) is 0 Å². The lowest BCUT2D eigenvalue weighted by atomic mass is 9.94. The molecule has 1 atom stereocenters. The van der Waals surface area contributed by atoms with E-state index in [0.29, 0.717) is 6.04 Å². The fourth-order valence-electron chi connectivity index (χ4n) is 2.76. The van der Waals surface area contributed by atoms with Crippen LogP contribution in [-0.2, 0) is 19.3 Å². The van der Waals surface area contributed by atoms with Crippen molar-refractivity contribution in [1.82, 2.24) is 5.32 Å². The van der Waals surface area contributed by atoms with Gasteiger partial charge in [0.25, 0.3) is 0 Å². The first kappa shape index (κ1) is 16.3. The molecule has 2 heteroatoms. The molecule has 0 spiro atoms. The molecule has 1 aromatic heterocycles. The summed E-state index contributed by atoms with van der Waals surface area (Å²) < 4.78 is 0. The lowest BCUT2D eigenvalue weighted by Gasteiger charge is -2.21.